The van der Waals surface area contributed by atoms with Crippen LogP contribution < -0.4 is 0 Å². The first-order valence-corrected chi connectivity index (χ1v) is 4.21. The lowest BCUT2D eigenvalue weighted by molar-refractivity contribution is -0.148. The van der Waals surface area contributed by atoms with E-state index >= 15 is 0 Å². The third-order valence-electron chi connectivity index (χ3n) is 2.24. The molecule has 5 heteroatoms. The summed E-state index contributed by atoms with van der Waals surface area (Å²) < 4.78 is 0. The average Bonchev–Trinajstić information content (AvgIpc) is 2.94. The molecule has 4 N–H and O–H groups in total. The van der Waals surface area contributed by atoms with Crippen LogP contribution in [0.4, 0.5) is 0 Å². The molecule has 2 saturated carbocycles. The van der Waals surface area contributed by atoms with Crippen LogP contribution in [0.1, 0.15) is 25.7 Å². The Balaban J connectivity index is 0.000000132. The molecule has 2 aliphatic rings. The number of rotatable bonds is 2. The fraction of sp³-hybridized carbons (Fsp3) is 0.875. The molecule has 0 bridgehead atoms. The van der Waals surface area contributed by atoms with Crippen LogP contribution in [0.5, 0.6) is 0 Å². The summed E-state index contributed by atoms with van der Waals surface area (Å²) in [5, 5.41) is 33.6. The highest BCUT2D eigenvalue weighted by molar-refractivity contribution is 5.80. The first-order valence-electron chi connectivity index (χ1n) is 4.21. The zero-order chi connectivity index (χ0) is 10.1. The van der Waals surface area contributed by atoms with Crippen LogP contribution in [0.2, 0.25) is 0 Å². The van der Waals surface area contributed by atoms with Crippen LogP contribution in [0.15, 0.2) is 0 Å². The van der Waals surface area contributed by atoms with Crippen molar-refractivity contribution in [1.29, 1.82) is 0 Å². The molecule has 0 aromatic carbocycles. The molecule has 5 nitrogen and oxygen atoms in total. The number of carboxylic acid groups (broad SMARTS) is 1. The molecule has 0 aromatic rings. The molecule has 0 saturated heterocycles. The van der Waals surface area contributed by atoms with Gasteiger partial charge in [-0.3, -0.25) is 0 Å². The van der Waals surface area contributed by atoms with Gasteiger partial charge in [0.25, 0.3) is 0 Å². The SMILES string of the molecule is O=C(O)C1(O)CC1.OCC1(O)CC1. The van der Waals surface area contributed by atoms with Gasteiger partial charge in [0.15, 0.2) is 5.60 Å². The molecule has 0 unspecified atom stereocenters. The monoisotopic (exact) mass is 190 g/mol. The van der Waals surface area contributed by atoms with Gasteiger partial charge in [-0.15, -0.1) is 0 Å². The maximum atomic E-state index is 9.83. The lowest BCUT2D eigenvalue weighted by Gasteiger charge is -1.95. The second-order valence-electron chi connectivity index (χ2n) is 3.72. The van der Waals surface area contributed by atoms with Crippen LogP contribution in [0, 0.1) is 0 Å². The maximum Gasteiger partial charge on any atom is 0.335 e. The van der Waals surface area contributed by atoms with Crippen molar-refractivity contribution in [2.75, 3.05) is 6.61 Å². The quantitative estimate of drug-likeness (QED) is 0.452. The predicted octanol–water partition coefficient (Wildman–Crippen LogP) is -0.901. The highest BCUT2D eigenvalue weighted by Crippen LogP contribution is 2.34. The van der Waals surface area contributed by atoms with E-state index in [4.69, 9.17) is 20.4 Å². The summed E-state index contributed by atoms with van der Waals surface area (Å²) in [5.74, 6) is -1.09. The van der Waals surface area contributed by atoms with Crippen molar-refractivity contribution in [2.45, 2.75) is 36.9 Å². The number of hydrogen-bond donors (Lipinski definition) is 4. The van der Waals surface area contributed by atoms with Crippen LogP contribution in [0.3, 0.4) is 0 Å². The van der Waals surface area contributed by atoms with Crippen LogP contribution in [0.25, 0.3) is 0 Å². The van der Waals surface area contributed by atoms with Crippen LogP contribution in [-0.2, 0) is 4.79 Å². The van der Waals surface area contributed by atoms with Crippen molar-refractivity contribution in [3.05, 3.63) is 0 Å². The van der Waals surface area contributed by atoms with Crippen molar-refractivity contribution in [3.63, 3.8) is 0 Å². The Hall–Kier alpha value is -0.650. The van der Waals surface area contributed by atoms with Crippen molar-refractivity contribution in [3.8, 4) is 0 Å². The molecule has 2 rings (SSSR count). The lowest BCUT2D eigenvalue weighted by atomic mass is 10.4. The van der Waals surface area contributed by atoms with Gasteiger partial charge >= 0.3 is 5.97 Å². The minimum atomic E-state index is -1.33. The Morgan fingerprint density at radius 1 is 1.15 bits per heavy atom. The summed E-state index contributed by atoms with van der Waals surface area (Å²) in [6.45, 7) is -0.0625. The predicted molar refractivity (Wildman–Crippen MR) is 43.1 cm³/mol. The van der Waals surface area contributed by atoms with Gasteiger partial charge in [-0.25, -0.2) is 4.79 Å². The van der Waals surface area contributed by atoms with E-state index in [1.54, 1.807) is 0 Å². The number of aliphatic hydroxyl groups excluding tert-OH is 1. The molecular formula is C8H14O5. The number of aliphatic carboxylic acids is 1. The highest BCUT2D eigenvalue weighted by atomic mass is 16.4. The van der Waals surface area contributed by atoms with E-state index in [1.165, 1.54) is 0 Å². The summed E-state index contributed by atoms with van der Waals surface area (Å²) in [7, 11) is 0. The van der Waals surface area contributed by atoms with E-state index in [1.807, 2.05) is 0 Å². The molecule has 0 aliphatic heterocycles. The average molecular weight is 190 g/mol. The molecule has 76 valence electrons. The van der Waals surface area contributed by atoms with Crippen molar-refractivity contribution >= 4 is 5.97 Å². The third kappa shape index (κ3) is 2.95. The summed E-state index contributed by atoms with van der Waals surface area (Å²) >= 11 is 0. The van der Waals surface area contributed by atoms with Gasteiger partial charge in [-0.05, 0) is 25.7 Å². The molecule has 0 atom stereocenters. The smallest absolute Gasteiger partial charge is 0.335 e. The van der Waals surface area contributed by atoms with Gasteiger partial charge in [0, 0.05) is 0 Å². The van der Waals surface area contributed by atoms with Crippen LogP contribution in [-0.4, -0.2) is 44.2 Å². The van der Waals surface area contributed by atoms with E-state index in [0.29, 0.717) is 12.8 Å². The molecule has 13 heavy (non-hydrogen) atoms. The van der Waals surface area contributed by atoms with Crippen molar-refractivity contribution in [1.82, 2.24) is 0 Å². The number of carboxylic acids is 1. The molecule has 0 amide bonds. The van der Waals surface area contributed by atoms with E-state index in [9.17, 15) is 4.79 Å². The first-order chi connectivity index (χ1) is 5.92. The second kappa shape index (κ2) is 3.25. The standard InChI is InChI=1S/C4H6O3.C4H8O2/c5-3(6)4(7)1-2-4;5-3-4(6)1-2-4/h7H,1-2H2,(H,5,6);5-6H,1-3H2. The summed E-state index contributed by atoms with van der Waals surface area (Å²) in [5.41, 5.74) is -1.99. The number of hydrogen-bond acceptors (Lipinski definition) is 4. The van der Waals surface area contributed by atoms with Crippen molar-refractivity contribution in [2.24, 2.45) is 0 Å². The number of carbonyl (C=O) groups is 1. The molecule has 0 spiro atoms. The summed E-state index contributed by atoms with van der Waals surface area (Å²) in [6.07, 6.45) is 2.40. The van der Waals surface area contributed by atoms with Gasteiger partial charge in [0.05, 0.1) is 12.2 Å². The molecule has 2 aliphatic carbocycles. The topological polar surface area (TPSA) is 98.0 Å². The van der Waals surface area contributed by atoms with Gasteiger partial charge in [-0.2, -0.15) is 0 Å². The lowest BCUT2D eigenvalue weighted by Crippen LogP contribution is -2.20. The second-order valence-corrected chi connectivity index (χ2v) is 3.72. The molecular weight excluding hydrogens is 176 g/mol. The minimum Gasteiger partial charge on any atom is -0.479 e. The maximum absolute atomic E-state index is 9.83. The molecule has 0 heterocycles. The minimum absolute atomic E-state index is 0.0625. The Labute approximate surface area is 75.6 Å². The molecule has 0 aromatic heterocycles. The fourth-order valence-electron chi connectivity index (χ4n) is 0.635. The molecule has 2 fully saturated rings. The zero-order valence-corrected chi connectivity index (χ0v) is 7.23. The Kier molecular flexibility index (Phi) is 2.61. The Morgan fingerprint density at radius 3 is 1.62 bits per heavy atom. The van der Waals surface area contributed by atoms with E-state index < -0.39 is 17.2 Å². The molecule has 0 radical (unpaired) electrons. The van der Waals surface area contributed by atoms with E-state index in [2.05, 4.69) is 0 Å². The first kappa shape index (κ1) is 10.4. The highest BCUT2D eigenvalue weighted by Gasteiger charge is 2.48. The zero-order valence-electron chi connectivity index (χ0n) is 7.23. The third-order valence-corrected chi connectivity index (χ3v) is 2.24. The Morgan fingerprint density at radius 2 is 1.62 bits per heavy atom. The fourth-order valence-corrected chi connectivity index (χ4v) is 0.635. The van der Waals surface area contributed by atoms with Gasteiger partial charge in [0.2, 0.25) is 0 Å². The Bertz CT molecular complexity index is 205. The van der Waals surface area contributed by atoms with Crippen LogP contribution >= 0.6 is 0 Å². The van der Waals surface area contributed by atoms with Gasteiger partial charge < -0.3 is 20.4 Å². The van der Waals surface area contributed by atoms with Crippen molar-refractivity contribution < 1.29 is 25.2 Å². The normalized spacial score (nSPS) is 25.5. The summed E-state index contributed by atoms with van der Waals surface area (Å²) in [4.78, 5) is 9.83. The number of aliphatic hydroxyl groups is 3. The summed E-state index contributed by atoms with van der Waals surface area (Å²) in [6, 6.07) is 0. The largest absolute Gasteiger partial charge is 0.479 e. The van der Waals surface area contributed by atoms with Gasteiger partial charge in [-0.1, -0.05) is 0 Å². The van der Waals surface area contributed by atoms with Gasteiger partial charge in [0.1, 0.15) is 0 Å². The van der Waals surface area contributed by atoms with E-state index in [-0.39, 0.29) is 6.61 Å². The van der Waals surface area contributed by atoms with E-state index in [0.717, 1.165) is 12.8 Å².